The van der Waals surface area contributed by atoms with Gasteiger partial charge in [-0.2, -0.15) is 26.3 Å². The second kappa shape index (κ2) is 22.1. The molecule has 0 aromatic heterocycles. The van der Waals surface area contributed by atoms with Crippen LogP contribution in [-0.2, 0) is 62.0 Å². The summed E-state index contributed by atoms with van der Waals surface area (Å²) >= 11 is 0. The summed E-state index contributed by atoms with van der Waals surface area (Å²) < 4.78 is 101. The highest BCUT2D eigenvalue weighted by molar-refractivity contribution is 5.83. The Balaban J connectivity index is 0. The molecule has 20 nitrogen and oxygen atoms in total. The van der Waals surface area contributed by atoms with Gasteiger partial charge in [-0.05, 0) is 0 Å². The van der Waals surface area contributed by atoms with E-state index in [2.05, 4.69) is 9.47 Å². The van der Waals surface area contributed by atoms with E-state index in [0.29, 0.717) is 0 Å². The predicted molar refractivity (Wildman–Crippen MR) is 154 cm³/mol. The number of alkyl halides is 6. The number of rotatable bonds is 7. The summed E-state index contributed by atoms with van der Waals surface area (Å²) in [6, 6.07) is -3.77. The molecule has 0 bridgehead atoms. The van der Waals surface area contributed by atoms with Crippen molar-refractivity contribution in [3.8, 4) is 0 Å². The van der Waals surface area contributed by atoms with Gasteiger partial charge >= 0.3 is 54.0 Å². The van der Waals surface area contributed by atoms with E-state index in [1.54, 1.807) is 0 Å². The van der Waals surface area contributed by atoms with Crippen LogP contribution in [0, 0.1) is 0 Å². The number of hydrogen-bond acceptors (Lipinski definition) is 18. The molecule has 0 aromatic rings. The summed E-state index contributed by atoms with van der Waals surface area (Å²) in [6.07, 6.45) is -24.3. The molecule has 0 saturated carbocycles. The first kappa shape index (κ1) is 50.9. The van der Waals surface area contributed by atoms with Crippen molar-refractivity contribution in [2.24, 2.45) is 0 Å². The van der Waals surface area contributed by atoms with Crippen LogP contribution in [0.3, 0.4) is 0 Å². The van der Waals surface area contributed by atoms with Gasteiger partial charge in [-0.1, -0.05) is 7.43 Å². The Morgan fingerprint density at radius 1 is 0.623 bits per heavy atom. The van der Waals surface area contributed by atoms with E-state index in [-0.39, 0.29) is 7.43 Å². The number of halogens is 6. The van der Waals surface area contributed by atoms with Crippen LogP contribution in [0.2, 0.25) is 0 Å². The number of carbonyl (C=O) groups is 7. The maximum atomic E-state index is 12.5. The van der Waals surface area contributed by atoms with Gasteiger partial charge in [-0.3, -0.25) is 33.6 Å². The number of hydrogen-bond donors (Lipinski definition) is 7. The number of aliphatic hydroxyl groups excluding tert-OH is 5. The zero-order valence-corrected chi connectivity index (χ0v) is 27.5. The minimum Gasteiger partial charge on any atom is -0.463 e. The van der Waals surface area contributed by atoms with E-state index in [1.165, 1.54) is 24.5 Å². The molecule has 2 heterocycles. The molecule has 0 spiro atoms. The van der Waals surface area contributed by atoms with Crippen LogP contribution < -0.4 is 10.6 Å². The second-order valence-corrected chi connectivity index (χ2v) is 10.3. The minimum atomic E-state index is -5.30. The van der Waals surface area contributed by atoms with Crippen LogP contribution in [0.15, 0.2) is 0 Å². The van der Waals surface area contributed by atoms with Gasteiger partial charge in [0.05, 0.1) is 6.61 Å². The smallest absolute Gasteiger partial charge is 0.463 e. The molecule has 2 fully saturated rings. The minimum absolute atomic E-state index is 0. The summed E-state index contributed by atoms with van der Waals surface area (Å²) in [5.74, 6) is -8.62. The number of esters is 5. The molecule has 0 aliphatic carbocycles. The van der Waals surface area contributed by atoms with Gasteiger partial charge in [0, 0.05) is 34.6 Å². The Labute approximate surface area is 295 Å². The fourth-order valence-corrected chi connectivity index (χ4v) is 3.93. The summed E-state index contributed by atoms with van der Waals surface area (Å²) in [6.45, 7) is 3.96. The summed E-state index contributed by atoms with van der Waals surface area (Å²) in [4.78, 5) is 74.9. The van der Waals surface area contributed by atoms with E-state index >= 15 is 0 Å². The average Bonchev–Trinajstić information content (AvgIpc) is 2.97. The largest absolute Gasteiger partial charge is 0.471 e. The molecular formula is C27H40F6N2O18. The van der Waals surface area contributed by atoms with Crippen molar-refractivity contribution in [1.82, 2.24) is 10.6 Å². The molecule has 10 atom stereocenters. The first-order chi connectivity index (χ1) is 23.6. The quantitative estimate of drug-likeness (QED) is 0.0600. The highest BCUT2D eigenvalue weighted by atomic mass is 19.4. The van der Waals surface area contributed by atoms with Crippen LogP contribution in [-0.4, -0.2) is 154 Å². The van der Waals surface area contributed by atoms with E-state index in [4.69, 9.17) is 24.1 Å². The lowest BCUT2D eigenvalue weighted by atomic mass is 9.96. The number of carbonyl (C=O) groups excluding carboxylic acids is 7. The van der Waals surface area contributed by atoms with Crippen molar-refractivity contribution < 1.29 is 114 Å². The molecule has 53 heavy (non-hydrogen) atoms. The van der Waals surface area contributed by atoms with Crippen molar-refractivity contribution in [3.63, 3.8) is 0 Å². The van der Waals surface area contributed by atoms with Crippen molar-refractivity contribution in [3.05, 3.63) is 0 Å². The molecule has 7 N–H and O–H groups in total. The van der Waals surface area contributed by atoms with Crippen LogP contribution in [0.25, 0.3) is 0 Å². The first-order valence-corrected chi connectivity index (χ1v) is 14.2. The lowest BCUT2D eigenvalue weighted by molar-refractivity contribution is -0.269. The van der Waals surface area contributed by atoms with E-state index in [1.807, 2.05) is 0 Å². The maximum absolute atomic E-state index is 12.5. The molecule has 2 saturated heterocycles. The van der Waals surface area contributed by atoms with Crippen molar-refractivity contribution >= 4 is 41.7 Å². The number of nitrogens with one attached hydrogen (secondary N) is 2. The van der Waals surface area contributed by atoms with Crippen molar-refractivity contribution in [2.45, 2.75) is 116 Å². The molecule has 308 valence electrons. The highest BCUT2D eigenvalue weighted by Crippen LogP contribution is 2.27. The number of amides is 2. The van der Waals surface area contributed by atoms with E-state index in [0.717, 1.165) is 20.8 Å². The predicted octanol–water partition coefficient (Wildman–Crippen LogP) is -2.63. The zero-order valence-electron chi connectivity index (χ0n) is 27.5. The van der Waals surface area contributed by atoms with E-state index in [9.17, 15) is 80.3 Å². The molecule has 26 heteroatoms. The third-order valence-electron chi connectivity index (χ3n) is 6.01. The van der Waals surface area contributed by atoms with Gasteiger partial charge in [-0.15, -0.1) is 0 Å². The standard InChI is InChI=1S/C14H18F3NO9.C8H12F3NO6.C4H6O3.CH4/c1-5(19)24-4-8-11(25-6(2)20)10(22)9(12(27-8)26-7(3)21)18-13(23)14(15,16)17;9-8(10,11)7(17)12-3-5(15)4(14)2(1-13)18-6(3)16;1-3(5)7-4(2)6;/h8-12,22H,4H2,1-3H3,(H,18,23);2-6,13-16H,1H2,(H,12,17);1-2H3;1H4/t8-,9-,10-,11-,12?;2-,3-,4-,5-,6?;;/m11../s1. The molecule has 0 aromatic carbocycles. The molecular weight excluding hydrogens is 754 g/mol. The Hall–Kier alpha value is -4.21. The molecule has 2 rings (SSSR count). The normalized spacial score (nSPS) is 28.0. The highest BCUT2D eigenvalue weighted by Gasteiger charge is 2.52. The van der Waals surface area contributed by atoms with Gasteiger partial charge < -0.3 is 64.6 Å². The van der Waals surface area contributed by atoms with Crippen LogP contribution in [0.5, 0.6) is 0 Å². The Kier molecular flexibility index (Phi) is 21.2. The maximum Gasteiger partial charge on any atom is 0.471 e. The van der Waals surface area contributed by atoms with Crippen molar-refractivity contribution in [1.29, 1.82) is 0 Å². The lowest BCUT2D eigenvalue weighted by Crippen LogP contribution is -2.66. The summed E-state index contributed by atoms with van der Waals surface area (Å²) in [7, 11) is 0. The fourth-order valence-electron chi connectivity index (χ4n) is 3.93. The average molecular weight is 795 g/mol. The molecule has 0 radical (unpaired) electrons. The second-order valence-electron chi connectivity index (χ2n) is 10.3. The lowest BCUT2D eigenvalue weighted by Gasteiger charge is -2.43. The number of ether oxygens (including phenoxy) is 6. The van der Waals surface area contributed by atoms with Gasteiger partial charge in [0.25, 0.3) is 0 Å². The van der Waals surface area contributed by atoms with E-state index < -0.39 is 129 Å². The van der Waals surface area contributed by atoms with Crippen LogP contribution in [0.4, 0.5) is 26.3 Å². The number of aliphatic hydroxyl groups is 5. The Morgan fingerprint density at radius 3 is 1.43 bits per heavy atom. The fraction of sp³-hybridized carbons (Fsp3) is 0.741. The van der Waals surface area contributed by atoms with Gasteiger partial charge in [0.15, 0.2) is 12.4 Å². The zero-order chi connectivity index (χ0) is 40.9. The molecule has 2 unspecified atom stereocenters. The summed E-state index contributed by atoms with van der Waals surface area (Å²) in [5, 5.41) is 49.9. The van der Waals surface area contributed by atoms with Gasteiger partial charge in [0.2, 0.25) is 6.29 Å². The van der Waals surface area contributed by atoms with Gasteiger partial charge in [0.1, 0.15) is 49.2 Å². The molecule has 2 amide bonds. The SMILES string of the molecule is C.CC(=O)OC(C)=O.CC(=O)OC[C@H]1OC(OC(C)=O)[C@H](NC(=O)C(F)(F)F)[C@@H](O)[C@@H]1OC(C)=O.O=C(N[C@H]1C(O)O[C@H](CO)[C@@H](O)[C@@H]1O)C(F)(F)F. The Morgan fingerprint density at radius 2 is 1.08 bits per heavy atom. The summed E-state index contributed by atoms with van der Waals surface area (Å²) in [5.41, 5.74) is 0. The first-order valence-electron chi connectivity index (χ1n) is 14.2. The molecule has 2 aliphatic rings. The van der Waals surface area contributed by atoms with Crippen LogP contribution in [0.1, 0.15) is 42.0 Å². The van der Waals surface area contributed by atoms with Crippen molar-refractivity contribution in [2.75, 3.05) is 13.2 Å². The topological polar surface area (TPSA) is 300 Å². The molecule has 2 aliphatic heterocycles. The monoisotopic (exact) mass is 794 g/mol. The third-order valence-corrected chi connectivity index (χ3v) is 6.01. The Bertz CT molecular complexity index is 1260. The van der Waals surface area contributed by atoms with Gasteiger partial charge in [-0.25, -0.2) is 0 Å². The van der Waals surface area contributed by atoms with Crippen LogP contribution >= 0.6 is 0 Å². The third kappa shape index (κ3) is 17.9.